The molecule has 0 radical (unpaired) electrons. The van der Waals surface area contributed by atoms with E-state index in [2.05, 4.69) is 10.2 Å². The van der Waals surface area contributed by atoms with E-state index in [9.17, 15) is 4.79 Å². The fourth-order valence-corrected chi connectivity index (χ4v) is 3.66. The third kappa shape index (κ3) is 3.32. The zero-order chi connectivity index (χ0) is 13.8. The van der Waals surface area contributed by atoms with Gasteiger partial charge in [0, 0.05) is 32.2 Å². The van der Waals surface area contributed by atoms with Crippen LogP contribution in [-0.2, 0) is 9.53 Å². The molecule has 0 aliphatic carbocycles. The first-order valence-corrected chi connectivity index (χ1v) is 8.20. The summed E-state index contributed by atoms with van der Waals surface area (Å²) >= 11 is 0. The van der Waals surface area contributed by atoms with Crippen molar-refractivity contribution in [3.8, 4) is 0 Å². The maximum atomic E-state index is 12.4. The molecule has 0 spiro atoms. The van der Waals surface area contributed by atoms with E-state index in [0.717, 1.165) is 32.5 Å². The Morgan fingerprint density at radius 3 is 2.45 bits per heavy atom. The van der Waals surface area contributed by atoms with Gasteiger partial charge in [-0.3, -0.25) is 4.79 Å². The molecule has 0 saturated carbocycles. The predicted octanol–water partition coefficient (Wildman–Crippen LogP) is 0.452. The molecular weight excluding hydrogens is 254 g/mol. The van der Waals surface area contributed by atoms with Gasteiger partial charge in [-0.2, -0.15) is 0 Å². The number of nitrogens with zero attached hydrogens (tertiary/aromatic N) is 2. The second-order valence-corrected chi connectivity index (χ2v) is 6.22. The van der Waals surface area contributed by atoms with Crippen LogP contribution in [0.5, 0.6) is 0 Å². The lowest BCUT2D eigenvalue weighted by atomic mass is 9.99. The third-order valence-corrected chi connectivity index (χ3v) is 4.89. The van der Waals surface area contributed by atoms with Gasteiger partial charge in [-0.25, -0.2) is 0 Å². The minimum absolute atomic E-state index is 0.189. The molecule has 5 heteroatoms. The van der Waals surface area contributed by atoms with E-state index in [0.29, 0.717) is 19.2 Å². The van der Waals surface area contributed by atoms with Gasteiger partial charge in [0.25, 0.3) is 5.91 Å². The highest BCUT2D eigenvalue weighted by Crippen LogP contribution is 2.21. The first-order chi connectivity index (χ1) is 9.84. The minimum Gasteiger partial charge on any atom is -0.366 e. The SMILES string of the molecule is O=C(C1CNCCO1)N1CCC(N2CCCCC2)CC1. The number of rotatable bonds is 2. The van der Waals surface area contributed by atoms with Crippen molar-refractivity contribution in [2.24, 2.45) is 0 Å². The summed E-state index contributed by atoms with van der Waals surface area (Å²) in [4.78, 5) is 17.0. The van der Waals surface area contributed by atoms with Crippen LogP contribution in [0.3, 0.4) is 0 Å². The quantitative estimate of drug-likeness (QED) is 0.798. The van der Waals surface area contributed by atoms with Gasteiger partial charge in [0.1, 0.15) is 6.10 Å². The van der Waals surface area contributed by atoms with Crippen molar-refractivity contribution in [1.29, 1.82) is 0 Å². The lowest BCUT2D eigenvalue weighted by Crippen LogP contribution is -2.53. The Hall–Kier alpha value is -0.650. The summed E-state index contributed by atoms with van der Waals surface area (Å²) in [5, 5.41) is 3.23. The smallest absolute Gasteiger partial charge is 0.253 e. The Kier molecular flexibility index (Phi) is 4.91. The molecule has 1 N–H and O–H groups in total. The van der Waals surface area contributed by atoms with Gasteiger partial charge in [0.05, 0.1) is 6.61 Å². The van der Waals surface area contributed by atoms with E-state index in [1.807, 2.05) is 4.90 Å². The molecule has 0 aromatic carbocycles. The summed E-state index contributed by atoms with van der Waals surface area (Å²) in [5.41, 5.74) is 0. The van der Waals surface area contributed by atoms with Crippen molar-refractivity contribution < 1.29 is 9.53 Å². The van der Waals surface area contributed by atoms with Crippen LogP contribution in [0.25, 0.3) is 0 Å². The summed E-state index contributed by atoms with van der Waals surface area (Å²) in [6.07, 6.45) is 6.09. The Labute approximate surface area is 121 Å². The molecule has 3 saturated heterocycles. The van der Waals surface area contributed by atoms with Crippen LogP contribution in [0.2, 0.25) is 0 Å². The topological polar surface area (TPSA) is 44.8 Å². The molecule has 1 unspecified atom stereocenters. The van der Waals surface area contributed by atoms with Crippen LogP contribution in [-0.4, -0.2) is 73.7 Å². The summed E-state index contributed by atoms with van der Waals surface area (Å²) in [6, 6.07) is 0.699. The summed E-state index contributed by atoms with van der Waals surface area (Å²) in [7, 11) is 0. The van der Waals surface area contributed by atoms with Gasteiger partial charge in [0.15, 0.2) is 0 Å². The average Bonchev–Trinajstić information content (AvgIpc) is 2.56. The molecule has 1 atom stereocenters. The van der Waals surface area contributed by atoms with Crippen molar-refractivity contribution in [3.05, 3.63) is 0 Å². The normalized spacial score (nSPS) is 30.4. The summed E-state index contributed by atoms with van der Waals surface area (Å²) in [5.74, 6) is 0.189. The van der Waals surface area contributed by atoms with Crippen LogP contribution in [0.4, 0.5) is 0 Å². The van der Waals surface area contributed by atoms with Gasteiger partial charge in [-0.05, 0) is 38.8 Å². The van der Waals surface area contributed by atoms with Gasteiger partial charge >= 0.3 is 0 Å². The fraction of sp³-hybridized carbons (Fsp3) is 0.933. The van der Waals surface area contributed by atoms with E-state index in [4.69, 9.17) is 4.74 Å². The van der Waals surface area contributed by atoms with Crippen molar-refractivity contribution in [2.75, 3.05) is 45.9 Å². The zero-order valence-corrected chi connectivity index (χ0v) is 12.4. The predicted molar refractivity (Wildman–Crippen MR) is 77.6 cm³/mol. The highest BCUT2D eigenvalue weighted by atomic mass is 16.5. The third-order valence-electron chi connectivity index (χ3n) is 4.89. The molecule has 0 aromatic heterocycles. The second-order valence-electron chi connectivity index (χ2n) is 6.22. The summed E-state index contributed by atoms with van der Waals surface area (Å²) < 4.78 is 5.57. The molecule has 0 bridgehead atoms. The number of nitrogens with one attached hydrogen (secondary N) is 1. The van der Waals surface area contributed by atoms with E-state index < -0.39 is 0 Å². The Balaban J connectivity index is 1.46. The molecule has 3 heterocycles. The number of hydrogen-bond acceptors (Lipinski definition) is 4. The van der Waals surface area contributed by atoms with Crippen molar-refractivity contribution in [2.45, 2.75) is 44.2 Å². The van der Waals surface area contributed by atoms with Crippen molar-refractivity contribution >= 4 is 5.91 Å². The molecular formula is C15H27N3O2. The van der Waals surface area contributed by atoms with Crippen LogP contribution in [0, 0.1) is 0 Å². The van der Waals surface area contributed by atoms with Crippen LogP contribution in [0.1, 0.15) is 32.1 Å². The van der Waals surface area contributed by atoms with Crippen molar-refractivity contribution in [1.82, 2.24) is 15.1 Å². The Morgan fingerprint density at radius 2 is 1.80 bits per heavy atom. The molecule has 3 rings (SSSR count). The van der Waals surface area contributed by atoms with E-state index in [-0.39, 0.29) is 12.0 Å². The fourth-order valence-electron chi connectivity index (χ4n) is 3.66. The second kappa shape index (κ2) is 6.87. The van der Waals surface area contributed by atoms with Gasteiger partial charge in [-0.1, -0.05) is 6.42 Å². The number of morpholine rings is 1. The largest absolute Gasteiger partial charge is 0.366 e. The zero-order valence-electron chi connectivity index (χ0n) is 12.4. The minimum atomic E-state index is -0.254. The van der Waals surface area contributed by atoms with Gasteiger partial charge in [-0.15, -0.1) is 0 Å². The molecule has 20 heavy (non-hydrogen) atoms. The maximum Gasteiger partial charge on any atom is 0.253 e. The molecule has 0 aromatic rings. The first-order valence-electron chi connectivity index (χ1n) is 8.20. The number of amides is 1. The van der Waals surface area contributed by atoms with E-state index in [1.165, 1.54) is 32.4 Å². The van der Waals surface area contributed by atoms with Crippen LogP contribution >= 0.6 is 0 Å². The van der Waals surface area contributed by atoms with Crippen molar-refractivity contribution in [3.63, 3.8) is 0 Å². The van der Waals surface area contributed by atoms with E-state index in [1.54, 1.807) is 0 Å². The number of ether oxygens (including phenoxy) is 1. The van der Waals surface area contributed by atoms with Gasteiger partial charge in [0.2, 0.25) is 0 Å². The number of carbonyl (C=O) groups excluding carboxylic acids is 1. The van der Waals surface area contributed by atoms with Gasteiger partial charge < -0.3 is 19.9 Å². The Bertz CT molecular complexity index is 317. The molecule has 3 aliphatic heterocycles. The van der Waals surface area contributed by atoms with Crippen LogP contribution in [0.15, 0.2) is 0 Å². The molecule has 1 amide bonds. The summed E-state index contributed by atoms with van der Waals surface area (Å²) in [6.45, 7) is 6.51. The molecule has 114 valence electrons. The lowest BCUT2D eigenvalue weighted by molar-refractivity contribution is -0.146. The molecule has 3 fully saturated rings. The van der Waals surface area contributed by atoms with Crippen LogP contribution < -0.4 is 5.32 Å². The first kappa shape index (κ1) is 14.3. The highest BCUT2D eigenvalue weighted by molar-refractivity contribution is 5.81. The average molecular weight is 281 g/mol. The highest BCUT2D eigenvalue weighted by Gasteiger charge is 2.31. The number of carbonyl (C=O) groups is 1. The lowest BCUT2D eigenvalue weighted by Gasteiger charge is -2.41. The Morgan fingerprint density at radius 1 is 1.05 bits per heavy atom. The maximum absolute atomic E-state index is 12.4. The standard InChI is InChI=1S/C15H27N3O2/c19-15(14-12-16-6-11-20-14)18-9-4-13(5-10-18)17-7-2-1-3-8-17/h13-14,16H,1-12H2. The molecule has 5 nitrogen and oxygen atoms in total. The number of piperidine rings is 2. The monoisotopic (exact) mass is 281 g/mol. The van der Waals surface area contributed by atoms with E-state index >= 15 is 0 Å². The number of likely N-dealkylation sites (tertiary alicyclic amines) is 2. The number of hydrogen-bond donors (Lipinski definition) is 1. The molecule has 3 aliphatic rings.